The first-order chi connectivity index (χ1) is 7.65. The topological polar surface area (TPSA) is 58.4 Å². The zero-order chi connectivity index (χ0) is 12.0. The Hall–Kier alpha value is -0.260. The van der Waals surface area contributed by atoms with Crippen LogP contribution in [0.25, 0.3) is 0 Å². The fourth-order valence-electron chi connectivity index (χ4n) is 1.60. The monoisotopic (exact) mass is 245 g/mol. The fraction of sp³-hybridized carbons (Fsp3) is 0.909. The van der Waals surface area contributed by atoms with Crippen molar-refractivity contribution < 1.29 is 4.79 Å². The number of nitrogens with zero attached hydrogens (tertiary/aromatic N) is 1. The van der Waals surface area contributed by atoms with Crippen LogP contribution in [0.4, 0.5) is 0 Å². The predicted molar refractivity (Wildman–Crippen MR) is 69.6 cm³/mol. The molecule has 0 aromatic heterocycles. The summed E-state index contributed by atoms with van der Waals surface area (Å²) in [5.74, 6) is 1.13. The SMILES string of the molecule is CCC(N)CSC(C)C(=O)N1CCNCC1. The van der Waals surface area contributed by atoms with Crippen LogP contribution in [0.3, 0.4) is 0 Å². The third kappa shape index (κ3) is 4.31. The van der Waals surface area contributed by atoms with E-state index in [0.29, 0.717) is 0 Å². The molecule has 3 N–H and O–H groups in total. The van der Waals surface area contributed by atoms with Gasteiger partial charge in [-0.2, -0.15) is 0 Å². The number of nitrogens with one attached hydrogen (secondary N) is 1. The van der Waals surface area contributed by atoms with Gasteiger partial charge in [0.2, 0.25) is 5.91 Å². The summed E-state index contributed by atoms with van der Waals surface area (Å²) in [7, 11) is 0. The molecule has 1 rings (SSSR count). The Kier molecular flexibility index (Phi) is 6.16. The first kappa shape index (κ1) is 13.8. The molecule has 0 radical (unpaired) electrons. The molecule has 1 fully saturated rings. The Morgan fingerprint density at radius 1 is 1.50 bits per heavy atom. The van der Waals surface area contributed by atoms with Gasteiger partial charge >= 0.3 is 0 Å². The normalized spacial score (nSPS) is 20.6. The lowest BCUT2D eigenvalue weighted by molar-refractivity contribution is -0.130. The summed E-state index contributed by atoms with van der Waals surface area (Å²) in [5.41, 5.74) is 5.84. The number of hydrogen-bond acceptors (Lipinski definition) is 4. The second-order valence-electron chi connectivity index (χ2n) is 4.22. The van der Waals surface area contributed by atoms with E-state index in [1.165, 1.54) is 0 Å². The van der Waals surface area contributed by atoms with Crippen LogP contribution >= 0.6 is 11.8 Å². The van der Waals surface area contributed by atoms with Gasteiger partial charge in [0.25, 0.3) is 0 Å². The largest absolute Gasteiger partial charge is 0.339 e. The highest BCUT2D eigenvalue weighted by atomic mass is 32.2. The lowest BCUT2D eigenvalue weighted by Gasteiger charge is -2.29. The van der Waals surface area contributed by atoms with Gasteiger partial charge in [-0.1, -0.05) is 6.92 Å². The molecule has 1 saturated heterocycles. The van der Waals surface area contributed by atoms with Gasteiger partial charge in [-0.05, 0) is 13.3 Å². The molecule has 1 heterocycles. The maximum atomic E-state index is 12.0. The van der Waals surface area contributed by atoms with E-state index in [2.05, 4.69) is 12.2 Å². The zero-order valence-electron chi connectivity index (χ0n) is 10.2. The summed E-state index contributed by atoms with van der Waals surface area (Å²) in [5, 5.41) is 3.28. The maximum absolute atomic E-state index is 12.0. The minimum atomic E-state index is 0.0377. The molecule has 0 saturated carbocycles. The van der Waals surface area contributed by atoms with Crippen molar-refractivity contribution >= 4 is 17.7 Å². The van der Waals surface area contributed by atoms with Gasteiger partial charge in [0, 0.05) is 38.0 Å². The Balaban J connectivity index is 2.29. The van der Waals surface area contributed by atoms with E-state index in [-0.39, 0.29) is 17.2 Å². The minimum absolute atomic E-state index is 0.0377. The molecule has 5 heteroatoms. The number of piperazine rings is 1. The quantitative estimate of drug-likeness (QED) is 0.730. The summed E-state index contributed by atoms with van der Waals surface area (Å²) in [4.78, 5) is 14.0. The smallest absolute Gasteiger partial charge is 0.235 e. The zero-order valence-corrected chi connectivity index (χ0v) is 11.1. The number of carbonyl (C=O) groups excluding carboxylic acids is 1. The van der Waals surface area contributed by atoms with E-state index in [4.69, 9.17) is 5.73 Å². The second-order valence-corrected chi connectivity index (χ2v) is 5.59. The molecule has 0 aromatic carbocycles. The first-order valence-corrected chi connectivity index (χ1v) is 7.06. The minimum Gasteiger partial charge on any atom is -0.339 e. The molecular weight excluding hydrogens is 222 g/mol. The van der Waals surface area contributed by atoms with Crippen LogP contribution in [0.1, 0.15) is 20.3 Å². The summed E-state index contributed by atoms with van der Waals surface area (Å²) < 4.78 is 0. The van der Waals surface area contributed by atoms with Crippen LogP contribution < -0.4 is 11.1 Å². The third-order valence-corrected chi connectivity index (χ3v) is 4.18. The second kappa shape index (κ2) is 7.14. The third-order valence-electron chi connectivity index (χ3n) is 2.86. The Morgan fingerprint density at radius 2 is 2.12 bits per heavy atom. The number of carbonyl (C=O) groups is 1. The number of amides is 1. The number of rotatable bonds is 5. The lowest BCUT2D eigenvalue weighted by atomic mass is 10.3. The van der Waals surface area contributed by atoms with Crippen LogP contribution in [-0.4, -0.2) is 54.0 Å². The molecule has 0 spiro atoms. The predicted octanol–water partition coefficient (Wildman–Crippen LogP) is 0.277. The van der Waals surface area contributed by atoms with Crippen molar-refractivity contribution in [2.24, 2.45) is 5.73 Å². The van der Waals surface area contributed by atoms with Gasteiger partial charge in [0.05, 0.1) is 5.25 Å². The van der Waals surface area contributed by atoms with Crippen LogP contribution in [0.2, 0.25) is 0 Å². The van der Waals surface area contributed by atoms with E-state index in [0.717, 1.165) is 38.4 Å². The molecule has 0 aromatic rings. The molecule has 16 heavy (non-hydrogen) atoms. The van der Waals surface area contributed by atoms with E-state index in [1.807, 2.05) is 11.8 Å². The van der Waals surface area contributed by atoms with E-state index in [1.54, 1.807) is 11.8 Å². The van der Waals surface area contributed by atoms with Crippen LogP contribution in [-0.2, 0) is 4.79 Å². The summed E-state index contributed by atoms with van der Waals surface area (Å²) in [6.45, 7) is 7.56. The summed E-state index contributed by atoms with van der Waals surface area (Å²) in [6, 6.07) is 0.211. The Bertz CT molecular complexity index is 219. The number of hydrogen-bond donors (Lipinski definition) is 2. The molecule has 1 aliphatic rings. The Labute approximate surface area is 102 Å². The molecule has 1 aliphatic heterocycles. The first-order valence-electron chi connectivity index (χ1n) is 6.01. The summed E-state index contributed by atoms with van der Waals surface area (Å²) in [6.07, 6.45) is 0.974. The molecule has 0 aliphatic carbocycles. The van der Waals surface area contributed by atoms with Crippen molar-refractivity contribution in [2.75, 3.05) is 31.9 Å². The standard InChI is InChI=1S/C11H23N3OS/c1-3-10(12)8-16-9(2)11(15)14-6-4-13-5-7-14/h9-10,13H,3-8,12H2,1-2H3. The van der Waals surface area contributed by atoms with E-state index >= 15 is 0 Å². The van der Waals surface area contributed by atoms with Gasteiger partial charge in [-0.15, -0.1) is 11.8 Å². The van der Waals surface area contributed by atoms with Crippen LogP contribution in [0.5, 0.6) is 0 Å². The van der Waals surface area contributed by atoms with Crippen molar-refractivity contribution in [3.05, 3.63) is 0 Å². The number of thioether (sulfide) groups is 1. The highest BCUT2D eigenvalue weighted by Crippen LogP contribution is 2.15. The number of nitrogens with two attached hydrogens (primary N) is 1. The molecule has 2 atom stereocenters. The van der Waals surface area contributed by atoms with Gasteiger partial charge in [0.1, 0.15) is 0 Å². The molecular formula is C11H23N3OS. The summed E-state index contributed by atoms with van der Waals surface area (Å²) >= 11 is 1.67. The molecule has 4 nitrogen and oxygen atoms in total. The van der Waals surface area contributed by atoms with Crippen LogP contribution in [0.15, 0.2) is 0 Å². The van der Waals surface area contributed by atoms with Crippen molar-refractivity contribution in [3.63, 3.8) is 0 Å². The highest BCUT2D eigenvalue weighted by molar-refractivity contribution is 8.00. The van der Waals surface area contributed by atoms with Gasteiger partial charge in [0.15, 0.2) is 0 Å². The van der Waals surface area contributed by atoms with Gasteiger partial charge in [-0.25, -0.2) is 0 Å². The molecule has 1 amide bonds. The molecule has 94 valence electrons. The average Bonchev–Trinajstić information content (AvgIpc) is 2.35. The van der Waals surface area contributed by atoms with Crippen molar-refractivity contribution in [1.82, 2.24) is 10.2 Å². The Morgan fingerprint density at radius 3 is 2.69 bits per heavy atom. The van der Waals surface area contributed by atoms with Crippen molar-refractivity contribution in [1.29, 1.82) is 0 Å². The average molecular weight is 245 g/mol. The lowest BCUT2D eigenvalue weighted by Crippen LogP contribution is -2.48. The van der Waals surface area contributed by atoms with Gasteiger partial charge < -0.3 is 16.0 Å². The fourth-order valence-corrected chi connectivity index (χ4v) is 2.66. The van der Waals surface area contributed by atoms with Gasteiger partial charge in [-0.3, -0.25) is 4.79 Å². The highest BCUT2D eigenvalue weighted by Gasteiger charge is 2.22. The van der Waals surface area contributed by atoms with Crippen LogP contribution in [0, 0.1) is 0 Å². The molecule has 0 bridgehead atoms. The maximum Gasteiger partial charge on any atom is 0.235 e. The van der Waals surface area contributed by atoms with Crippen molar-refractivity contribution in [3.8, 4) is 0 Å². The van der Waals surface area contributed by atoms with E-state index in [9.17, 15) is 4.79 Å². The van der Waals surface area contributed by atoms with E-state index < -0.39 is 0 Å². The van der Waals surface area contributed by atoms with Crippen molar-refractivity contribution in [2.45, 2.75) is 31.6 Å². The molecule has 2 unspecified atom stereocenters.